The topological polar surface area (TPSA) is 130 Å². The Labute approximate surface area is 140 Å². The fourth-order valence-electron chi connectivity index (χ4n) is 2.04. The van der Waals surface area contributed by atoms with Crippen LogP contribution in [0.25, 0.3) is 0 Å². The van der Waals surface area contributed by atoms with Gasteiger partial charge in [0.1, 0.15) is 4.92 Å². The van der Waals surface area contributed by atoms with Gasteiger partial charge in [-0.1, -0.05) is 6.07 Å². The Morgan fingerprint density at radius 3 is 2.76 bits per heavy atom. The minimum Gasteiger partial charge on any atom is -0.454 e. The Morgan fingerprint density at radius 1 is 1.20 bits per heavy atom. The molecule has 1 amide bonds. The van der Waals surface area contributed by atoms with E-state index in [9.17, 15) is 19.7 Å². The van der Waals surface area contributed by atoms with Crippen molar-refractivity contribution >= 4 is 17.8 Å². The third kappa shape index (κ3) is 3.86. The summed E-state index contributed by atoms with van der Waals surface area (Å²) >= 11 is 0. The summed E-state index contributed by atoms with van der Waals surface area (Å²) in [5.41, 5.74) is 0.783. The predicted octanol–water partition coefficient (Wildman–Crippen LogP) is 1.39. The van der Waals surface area contributed by atoms with E-state index in [1.807, 2.05) is 0 Å². The third-order valence-electron chi connectivity index (χ3n) is 3.23. The molecule has 1 aliphatic rings. The highest BCUT2D eigenvalue weighted by Gasteiger charge is 2.19. The number of nitrogens with zero attached hydrogens (tertiary/aromatic N) is 1. The second-order valence-electron chi connectivity index (χ2n) is 4.94. The van der Waals surface area contributed by atoms with E-state index < -0.39 is 29.3 Å². The molecule has 0 bridgehead atoms. The Hall–Kier alpha value is -3.56. The van der Waals surface area contributed by atoms with E-state index in [1.54, 1.807) is 18.2 Å². The quantitative estimate of drug-likeness (QED) is 0.471. The molecule has 0 atom stereocenters. The number of benzene rings is 1. The molecular formula is C15H12N2O8. The largest absolute Gasteiger partial charge is 0.454 e. The smallest absolute Gasteiger partial charge is 0.433 e. The molecule has 1 N–H and O–H groups in total. The maximum absolute atomic E-state index is 11.7. The number of nitrogens with one attached hydrogen (secondary N) is 1. The number of furan rings is 1. The second kappa shape index (κ2) is 6.91. The normalized spacial score (nSPS) is 11.8. The number of amides is 1. The number of rotatable bonds is 6. The van der Waals surface area contributed by atoms with Crippen LogP contribution in [0, 0.1) is 10.1 Å². The van der Waals surface area contributed by atoms with Crippen molar-refractivity contribution in [3.05, 3.63) is 51.8 Å². The van der Waals surface area contributed by atoms with Gasteiger partial charge in [0, 0.05) is 6.54 Å². The van der Waals surface area contributed by atoms with Crippen LogP contribution in [0.5, 0.6) is 11.5 Å². The molecule has 0 spiro atoms. The number of carbonyl (C=O) groups excluding carboxylic acids is 2. The molecule has 0 unspecified atom stereocenters. The average Bonchev–Trinajstić information content (AvgIpc) is 3.26. The minimum atomic E-state index is -0.966. The molecule has 0 saturated carbocycles. The van der Waals surface area contributed by atoms with E-state index in [-0.39, 0.29) is 19.1 Å². The number of hydrogen-bond donors (Lipinski definition) is 1. The Balaban J connectivity index is 1.46. The van der Waals surface area contributed by atoms with E-state index in [2.05, 4.69) is 9.73 Å². The highest BCUT2D eigenvalue weighted by Crippen LogP contribution is 2.32. The van der Waals surface area contributed by atoms with Crippen LogP contribution >= 0.6 is 0 Å². The summed E-state index contributed by atoms with van der Waals surface area (Å²) in [5, 5.41) is 13.0. The van der Waals surface area contributed by atoms with Crippen LogP contribution in [0.1, 0.15) is 16.1 Å². The van der Waals surface area contributed by atoms with Gasteiger partial charge in [-0.15, -0.1) is 0 Å². The third-order valence-corrected chi connectivity index (χ3v) is 3.23. The summed E-state index contributed by atoms with van der Waals surface area (Å²) in [5.74, 6) is -1.21. The van der Waals surface area contributed by atoms with Gasteiger partial charge in [-0.3, -0.25) is 14.9 Å². The molecular weight excluding hydrogens is 336 g/mol. The standard InChI is InChI=1S/C15H12N2O8/c18-13(7-22-15(19)11-3-4-14(25-11)17(20)21)16-6-9-1-2-10-12(5-9)24-8-23-10/h1-5H,6-8H2,(H,16,18). The maximum atomic E-state index is 11.7. The van der Waals surface area contributed by atoms with Crippen LogP contribution in [0.15, 0.2) is 34.7 Å². The lowest BCUT2D eigenvalue weighted by Gasteiger charge is -2.06. The molecule has 10 heteroatoms. The number of ether oxygens (including phenoxy) is 3. The molecule has 1 aromatic heterocycles. The van der Waals surface area contributed by atoms with E-state index in [0.717, 1.165) is 17.7 Å². The van der Waals surface area contributed by atoms with Gasteiger partial charge in [0.15, 0.2) is 18.1 Å². The summed E-state index contributed by atoms with van der Waals surface area (Å²) in [6, 6.07) is 7.35. The molecule has 0 aliphatic carbocycles. The summed E-state index contributed by atoms with van der Waals surface area (Å²) in [6.45, 7) is -0.177. The lowest BCUT2D eigenvalue weighted by Crippen LogP contribution is -2.28. The average molecular weight is 348 g/mol. The lowest BCUT2D eigenvalue weighted by atomic mass is 10.2. The van der Waals surface area contributed by atoms with Gasteiger partial charge in [-0.2, -0.15) is 0 Å². The van der Waals surface area contributed by atoms with Crippen molar-refractivity contribution < 1.29 is 33.1 Å². The second-order valence-corrected chi connectivity index (χ2v) is 4.94. The SMILES string of the molecule is O=C(COC(=O)c1ccc([N+](=O)[O-])o1)NCc1ccc2c(c1)OCO2. The summed E-state index contributed by atoms with van der Waals surface area (Å²) < 4.78 is 19.8. The highest BCUT2D eigenvalue weighted by atomic mass is 16.7. The van der Waals surface area contributed by atoms with Gasteiger partial charge in [0.25, 0.3) is 5.91 Å². The Kier molecular flexibility index (Phi) is 4.50. The van der Waals surface area contributed by atoms with Gasteiger partial charge in [-0.05, 0) is 23.8 Å². The van der Waals surface area contributed by atoms with Crippen LogP contribution < -0.4 is 14.8 Å². The first-order valence-corrected chi connectivity index (χ1v) is 7.09. The van der Waals surface area contributed by atoms with Gasteiger partial charge in [-0.25, -0.2) is 4.79 Å². The van der Waals surface area contributed by atoms with Crippen molar-refractivity contribution in [1.82, 2.24) is 5.32 Å². The molecule has 10 nitrogen and oxygen atoms in total. The van der Waals surface area contributed by atoms with E-state index in [0.29, 0.717) is 11.5 Å². The first-order valence-electron chi connectivity index (χ1n) is 7.09. The van der Waals surface area contributed by atoms with Crippen molar-refractivity contribution in [3.8, 4) is 11.5 Å². The zero-order valence-corrected chi connectivity index (χ0v) is 12.7. The van der Waals surface area contributed by atoms with Crippen LogP contribution in [-0.4, -0.2) is 30.2 Å². The number of esters is 1. The minimum absolute atomic E-state index is 0.159. The Morgan fingerprint density at radius 2 is 2.00 bits per heavy atom. The van der Waals surface area contributed by atoms with Crippen LogP contribution in [0.3, 0.4) is 0 Å². The molecule has 0 saturated heterocycles. The van der Waals surface area contributed by atoms with Crippen LogP contribution in [0.4, 0.5) is 5.88 Å². The van der Waals surface area contributed by atoms with Crippen LogP contribution in [-0.2, 0) is 16.1 Å². The van der Waals surface area contributed by atoms with Crippen molar-refractivity contribution in [2.24, 2.45) is 0 Å². The first kappa shape index (κ1) is 16.3. The highest BCUT2D eigenvalue weighted by molar-refractivity contribution is 5.89. The van der Waals surface area contributed by atoms with Gasteiger partial charge in [0.2, 0.25) is 12.6 Å². The molecule has 3 rings (SSSR count). The number of nitro groups is 1. The molecule has 130 valence electrons. The number of fused-ring (bicyclic) bond motifs is 1. The lowest BCUT2D eigenvalue weighted by molar-refractivity contribution is -0.402. The molecule has 2 heterocycles. The monoisotopic (exact) mass is 348 g/mol. The predicted molar refractivity (Wildman–Crippen MR) is 80.1 cm³/mol. The molecule has 1 aliphatic heterocycles. The zero-order chi connectivity index (χ0) is 17.8. The molecule has 1 aromatic carbocycles. The van der Waals surface area contributed by atoms with Gasteiger partial charge in [0.05, 0.1) is 6.07 Å². The van der Waals surface area contributed by atoms with E-state index >= 15 is 0 Å². The van der Waals surface area contributed by atoms with Crippen LogP contribution in [0.2, 0.25) is 0 Å². The van der Waals surface area contributed by atoms with E-state index in [4.69, 9.17) is 14.2 Å². The fourth-order valence-corrected chi connectivity index (χ4v) is 2.04. The van der Waals surface area contributed by atoms with E-state index in [1.165, 1.54) is 0 Å². The van der Waals surface area contributed by atoms with Crippen molar-refractivity contribution in [2.75, 3.05) is 13.4 Å². The molecule has 2 aromatic rings. The van der Waals surface area contributed by atoms with Crippen molar-refractivity contribution in [1.29, 1.82) is 0 Å². The molecule has 0 radical (unpaired) electrons. The summed E-state index contributed by atoms with van der Waals surface area (Å²) in [7, 11) is 0. The van der Waals surface area contributed by atoms with Crippen molar-refractivity contribution in [2.45, 2.75) is 6.54 Å². The number of hydrogen-bond acceptors (Lipinski definition) is 8. The fraction of sp³-hybridized carbons (Fsp3) is 0.200. The Bertz CT molecular complexity index is 829. The maximum Gasteiger partial charge on any atom is 0.433 e. The number of carbonyl (C=O) groups is 2. The molecule has 25 heavy (non-hydrogen) atoms. The van der Waals surface area contributed by atoms with Gasteiger partial charge < -0.3 is 23.9 Å². The first-order chi connectivity index (χ1) is 12.0. The summed E-state index contributed by atoms with van der Waals surface area (Å²) in [6.07, 6.45) is 0. The van der Waals surface area contributed by atoms with Gasteiger partial charge >= 0.3 is 11.9 Å². The molecule has 0 fully saturated rings. The van der Waals surface area contributed by atoms with Crippen molar-refractivity contribution in [3.63, 3.8) is 0 Å². The zero-order valence-electron chi connectivity index (χ0n) is 12.7. The summed E-state index contributed by atoms with van der Waals surface area (Å²) in [4.78, 5) is 33.0.